The zero-order chi connectivity index (χ0) is 17.6. The zero-order valence-electron chi connectivity index (χ0n) is 13.8. The first-order valence-electron chi connectivity index (χ1n) is 7.95. The molecule has 1 heterocycles. The van der Waals surface area contributed by atoms with Gasteiger partial charge in [0.2, 0.25) is 0 Å². The average molecular weight is 363 g/mol. The predicted molar refractivity (Wildman–Crippen MR) is 96.1 cm³/mol. The lowest BCUT2D eigenvalue weighted by molar-refractivity contribution is 0.171. The molecule has 0 spiro atoms. The first-order chi connectivity index (χ1) is 12.1. The highest BCUT2D eigenvalue weighted by molar-refractivity contribution is 6.31. The van der Waals surface area contributed by atoms with Crippen LogP contribution in [0.1, 0.15) is 5.56 Å². The summed E-state index contributed by atoms with van der Waals surface area (Å²) >= 11 is 5.97. The van der Waals surface area contributed by atoms with Gasteiger partial charge in [0.05, 0.1) is 6.54 Å². The molecule has 2 amide bonds. The standard InChI is InChI=1S/C18H19ClN2O4/c1-12-10-14(3-4-15(12)19)23-7-6-20-18(22)21-13-2-5-16-17(11-13)25-9-8-24-16/h2-5,10-11H,6-9H2,1H3,(H2,20,21,22). The third-order valence-electron chi connectivity index (χ3n) is 3.59. The molecule has 25 heavy (non-hydrogen) atoms. The minimum absolute atomic E-state index is 0.312. The van der Waals surface area contributed by atoms with Crippen LogP contribution >= 0.6 is 11.6 Å². The Morgan fingerprint density at radius 2 is 1.96 bits per heavy atom. The van der Waals surface area contributed by atoms with Gasteiger partial charge < -0.3 is 24.8 Å². The van der Waals surface area contributed by atoms with E-state index in [1.165, 1.54) is 0 Å². The van der Waals surface area contributed by atoms with Crippen LogP contribution in [0.15, 0.2) is 36.4 Å². The lowest BCUT2D eigenvalue weighted by Gasteiger charge is -2.19. The smallest absolute Gasteiger partial charge is 0.319 e. The molecule has 1 aliphatic rings. The maximum atomic E-state index is 11.9. The maximum absolute atomic E-state index is 11.9. The van der Waals surface area contributed by atoms with E-state index < -0.39 is 0 Å². The average Bonchev–Trinajstić information content (AvgIpc) is 2.61. The van der Waals surface area contributed by atoms with Gasteiger partial charge in [-0.2, -0.15) is 0 Å². The monoisotopic (exact) mass is 362 g/mol. The van der Waals surface area contributed by atoms with E-state index in [-0.39, 0.29) is 6.03 Å². The van der Waals surface area contributed by atoms with E-state index in [0.29, 0.717) is 48.6 Å². The van der Waals surface area contributed by atoms with Crippen molar-refractivity contribution >= 4 is 23.3 Å². The zero-order valence-corrected chi connectivity index (χ0v) is 14.6. The molecule has 2 aromatic carbocycles. The van der Waals surface area contributed by atoms with Crippen LogP contribution < -0.4 is 24.8 Å². The summed E-state index contributed by atoms with van der Waals surface area (Å²) in [6, 6.07) is 10.4. The largest absolute Gasteiger partial charge is 0.492 e. The Morgan fingerprint density at radius 3 is 2.76 bits per heavy atom. The molecule has 132 valence electrons. The van der Waals surface area contributed by atoms with Gasteiger partial charge in [-0.15, -0.1) is 0 Å². The second kappa shape index (κ2) is 7.98. The maximum Gasteiger partial charge on any atom is 0.319 e. The van der Waals surface area contributed by atoms with Crippen LogP contribution in [-0.2, 0) is 0 Å². The first-order valence-corrected chi connectivity index (χ1v) is 8.33. The molecule has 0 aliphatic carbocycles. The number of carbonyl (C=O) groups is 1. The molecule has 2 N–H and O–H groups in total. The van der Waals surface area contributed by atoms with Gasteiger partial charge in [0, 0.05) is 16.8 Å². The molecule has 3 rings (SSSR count). The van der Waals surface area contributed by atoms with Crippen LogP contribution in [0.3, 0.4) is 0 Å². The SMILES string of the molecule is Cc1cc(OCCNC(=O)Nc2ccc3c(c2)OCCO3)ccc1Cl. The van der Waals surface area contributed by atoms with Crippen LogP contribution in [0.25, 0.3) is 0 Å². The Morgan fingerprint density at radius 1 is 1.16 bits per heavy atom. The fraction of sp³-hybridized carbons (Fsp3) is 0.278. The van der Waals surface area contributed by atoms with Crippen LogP contribution in [0, 0.1) is 6.92 Å². The van der Waals surface area contributed by atoms with Crippen molar-refractivity contribution in [2.24, 2.45) is 0 Å². The van der Waals surface area contributed by atoms with Gasteiger partial charge in [-0.1, -0.05) is 11.6 Å². The Kier molecular flexibility index (Phi) is 5.50. The fourth-order valence-corrected chi connectivity index (χ4v) is 2.45. The Bertz CT molecular complexity index is 767. The van der Waals surface area contributed by atoms with Gasteiger partial charge in [-0.3, -0.25) is 0 Å². The number of hydrogen-bond donors (Lipinski definition) is 2. The third-order valence-corrected chi connectivity index (χ3v) is 4.01. The second-order valence-electron chi connectivity index (χ2n) is 5.50. The van der Waals surface area contributed by atoms with Gasteiger partial charge in [0.1, 0.15) is 25.6 Å². The molecule has 2 aromatic rings. The second-order valence-corrected chi connectivity index (χ2v) is 5.91. The Hall–Kier alpha value is -2.60. The van der Waals surface area contributed by atoms with Gasteiger partial charge in [-0.25, -0.2) is 4.79 Å². The number of ether oxygens (including phenoxy) is 3. The summed E-state index contributed by atoms with van der Waals surface area (Å²) in [6.07, 6.45) is 0. The summed E-state index contributed by atoms with van der Waals surface area (Å²) in [5.41, 5.74) is 1.58. The molecule has 0 unspecified atom stereocenters. The van der Waals surface area contributed by atoms with Crippen molar-refractivity contribution in [2.75, 3.05) is 31.7 Å². The Labute approximate surface area is 151 Å². The number of aryl methyl sites for hydroxylation is 1. The predicted octanol–water partition coefficient (Wildman–Crippen LogP) is 3.62. The molecule has 0 saturated carbocycles. The number of nitrogens with one attached hydrogen (secondary N) is 2. The number of carbonyl (C=O) groups excluding carboxylic acids is 1. The number of anilines is 1. The van der Waals surface area contributed by atoms with Crippen molar-refractivity contribution in [3.8, 4) is 17.2 Å². The van der Waals surface area contributed by atoms with E-state index in [1.807, 2.05) is 13.0 Å². The number of fused-ring (bicyclic) bond motifs is 1. The van der Waals surface area contributed by atoms with E-state index in [0.717, 1.165) is 11.3 Å². The summed E-state index contributed by atoms with van der Waals surface area (Å²) in [7, 11) is 0. The van der Waals surface area contributed by atoms with Crippen LogP contribution in [0.2, 0.25) is 5.02 Å². The highest BCUT2D eigenvalue weighted by atomic mass is 35.5. The summed E-state index contributed by atoms with van der Waals surface area (Å²) in [5.74, 6) is 2.03. The van der Waals surface area contributed by atoms with Crippen molar-refractivity contribution in [1.82, 2.24) is 5.32 Å². The minimum Gasteiger partial charge on any atom is -0.492 e. The normalized spacial score (nSPS) is 12.4. The van der Waals surface area contributed by atoms with E-state index in [9.17, 15) is 4.79 Å². The number of halogens is 1. The molecular formula is C18H19ClN2O4. The summed E-state index contributed by atoms with van der Waals surface area (Å²) < 4.78 is 16.5. The number of urea groups is 1. The van der Waals surface area contributed by atoms with Crippen molar-refractivity contribution < 1.29 is 19.0 Å². The first kappa shape index (κ1) is 17.2. The molecule has 6 nitrogen and oxygen atoms in total. The van der Waals surface area contributed by atoms with E-state index in [4.69, 9.17) is 25.8 Å². The van der Waals surface area contributed by atoms with Gasteiger partial charge >= 0.3 is 6.03 Å². The van der Waals surface area contributed by atoms with Crippen molar-refractivity contribution in [3.63, 3.8) is 0 Å². The molecule has 0 radical (unpaired) electrons. The number of benzene rings is 2. The topological polar surface area (TPSA) is 68.8 Å². The number of hydrogen-bond acceptors (Lipinski definition) is 4. The molecule has 0 saturated heterocycles. The highest BCUT2D eigenvalue weighted by Crippen LogP contribution is 2.32. The molecule has 0 aromatic heterocycles. The van der Waals surface area contributed by atoms with Gasteiger partial charge in [0.15, 0.2) is 11.5 Å². The van der Waals surface area contributed by atoms with Crippen molar-refractivity contribution in [3.05, 3.63) is 47.0 Å². The van der Waals surface area contributed by atoms with Crippen LogP contribution in [0.5, 0.6) is 17.2 Å². The lowest BCUT2D eigenvalue weighted by atomic mass is 10.2. The molecular weight excluding hydrogens is 344 g/mol. The van der Waals surface area contributed by atoms with Gasteiger partial charge in [-0.05, 0) is 42.8 Å². The van der Waals surface area contributed by atoms with Gasteiger partial charge in [0.25, 0.3) is 0 Å². The van der Waals surface area contributed by atoms with Crippen molar-refractivity contribution in [1.29, 1.82) is 0 Å². The molecule has 0 bridgehead atoms. The van der Waals surface area contributed by atoms with E-state index in [2.05, 4.69) is 10.6 Å². The summed E-state index contributed by atoms with van der Waals surface area (Å²) in [5, 5.41) is 6.18. The Balaban J connectivity index is 1.43. The lowest BCUT2D eigenvalue weighted by Crippen LogP contribution is -2.32. The summed E-state index contributed by atoms with van der Waals surface area (Å²) in [6.45, 7) is 3.68. The number of rotatable bonds is 5. The van der Waals surface area contributed by atoms with Crippen LogP contribution in [-0.4, -0.2) is 32.4 Å². The van der Waals surface area contributed by atoms with Crippen LogP contribution in [0.4, 0.5) is 10.5 Å². The van der Waals surface area contributed by atoms with E-state index >= 15 is 0 Å². The molecule has 0 fully saturated rings. The minimum atomic E-state index is -0.312. The number of amides is 2. The molecule has 7 heteroatoms. The third kappa shape index (κ3) is 4.70. The fourth-order valence-electron chi connectivity index (χ4n) is 2.34. The molecule has 1 aliphatic heterocycles. The highest BCUT2D eigenvalue weighted by Gasteiger charge is 2.12. The summed E-state index contributed by atoms with van der Waals surface area (Å²) in [4.78, 5) is 11.9. The molecule has 0 atom stereocenters. The quantitative estimate of drug-likeness (QED) is 0.797. The van der Waals surface area contributed by atoms with Crippen molar-refractivity contribution in [2.45, 2.75) is 6.92 Å². The van der Waals surface area contributed by atoms with E-state index in [1.54, 1.807) is 30.3 Å².